The minimum Gasteiger partial charge on any atom is -0.496 e. The number of allylic oxidation sites excluding steroid dienone is 1. The van der Waals surface area contributed by atoms with Crippen molar-refractivity contribution in [1.82, 2.24) is 4.90 Å². The van der Waals surface area contributed by atoms with Gasteiger partial charge in [-0.15, -0.1) is 0 Å². The van der Waals surface area contributed by atoms with Crippen molar-refractivity contribution in [1.29, 1.82) is 0 Å². The lowest BCUT2D eigenvalue weighted by Gasteiger charge is -2.09. The standard InChI is InChI=1S/C16H17NO4/c1-10-14(16(19)21-4)12(15(18)17(10)2)9-11-7-5-6-8-13(11)20-3/h5-9H,1-4H3. The van der Waals surface area contributed by atoms with Crippen molar-refractivity contribution in [3.8, 4) is 5.75 Å². The molecule has 1 aromatic rings. The number of hydrogen-bond donors (Lipinski definition) is 0. The van der Waals surface area contributed by atoms with E-state index >= 15 is 0 Å². The number of hydrogen-bond acceptors (Lipinski definition) is 4. The maximum absolute atomic E-state index is 12.3. The summed E-state index contributed by atoms with van der Waals surface area (Å²) >= 11 is 0. The highest BCUT2D eigenvalue weighted by molar-refractivity contribution is 6.16. The molecule has 0 fully saturated rings. The maximum atomic E-state index is 12.3. The topological polar surface area (TPSA) is 55.8 Å². The van der Waals surface area contributed by atoms with E-state index in [9.17, 15) is 9.59 Å². The molecule has 5 nitrogen and oxygen atoms in total. The number of rotatable bonds is 3. The van der Waals surface area contributed by atoms with Crippen molar-refractivity contribution in [3.63, 3.8) is 0 Å². The van der Waals surface area contributed by atoms with Gasteiger partial charge in [0.2, 0.25) is 0 Å². The number of methoxy groups -OCH3 is 2. The molecule has 0 bridgehead atoms. The molecule has 1 aromatic carbocycles. The largest absolute Gasteiger partial charge is 0.496 e. The molecule has 2 rings (SSSR count). The SMILES string of the molecule is COC(=O)C1=C(C)N(C)C(=O)C1=Cc1ccccc1OC. The van der Waals surface area contributed by atoms with Gasteiger partial charge in [0.1, 0.15) is 5.75 Å². The van der Waals surface area contributed by atoms with Crippen molar-refractivity contribution >= 4 is 18.0 Å². The molecule has 0 atom stereocenters. The van der Waals surface area contributed by atoms with Gasteiger partial charge in [-0.3, -0.25) is 4.79 Å². The molecule has 0 N–H and O–H groups in total. The smallest absolute Gasteiger partial charge is 0.340 e. The number of carbonyl (C=O) groups is 2. The molecule has 1 aliphatic rings. The Bertz CT molecular complexity index is 658. The Morgan fingerprint density at radius 3 is 2.52 bits per heavy atom. The molecule has 1 amide bonds. The summed E-state index contributed by atoms with van der Waals surface area (Å²) in [4.78, 5) is 25.7. The van der Waals surface area contributed by atoms with E-state index in [1.165, 1.54) is 12.0 Å². The van der Waals surface area contributed by atoms with Crippen molar-refractivity contribution < 1.29 is 19.1 Å². The quantitative estimate of drug-likeness (QED) is 0.630. The fraction of sp³-hybridized carbons (Fsp3) is 0.250. The fourth-order valence-corrected chi connectivity index (χ4v) is 2.24. The average molecular weight is 287 g/mol. The molecule has 110 valence electrons. The molecular weight excluding hydrogens is 270 g/mol. The zero-order chi connectivity index (χ0) is 15.6. The van der Waals surface area contributed by atoms with Crippen molar-refractivity contribution in [2.45, 2.75) is 6.92 Å². The van der Waals surface area contributed by atoms with E-state index in [0.717, 1.165) is 5.56 Å². The van der Waals surface area contributed by atoms with Crippen LogP contribution in [0.3, 0.4) is 0 Å². The van der Waals surface area contributed by atoms with Gasteiger partial charge in [-0.2, -0.15) is 0 Å². The number of likely N-dealkylation sites (N-methyl/N-ethyl adjacent to an activating group) is 1. The minimum absolute atomic E-state index is 0.237. The third-order valence-corrected chi connectivity index (χ3v) is 3.50. The van der Waals surface area contributed by atoms with Crippen molar-refractivity contribution in [2.75, 3.05) is 21.3 Å². The van der Waals surface area contributed by atoms with Crippen LogP contribution in [0, 0.1) is 0 Å². The zero-order valence-electron chi connectivity index (χ0n) is 12.5. The van der Waals surface area contributed by atoms with Crippen LogP contribution in [-0.2, 0) is 14.3 Å². The molecule has 0 aromatic heterocycles. The van der Waals surface area contributed by atoms with Crippen molar-refractivity contribution in [2.24, 2.45) is 0 Å². The van der Waals surface area contributed by atoms with Gasteiger partial charge in [-0.05, 0) is 19.1 Å². The second-order valence-electron chi connectivity index (χ2n) is 4.62. The first kappa shape index (κ1) is 14.8. The number of amides is 1. The van der Waals surface area contributed by atoms with Gasteiger partial charge in [0.25, 0.3) is 5.91 Å². The summed E-state index contributed by atoms with van der Waals surface area (Å²) in [5.41, 5.74) is 1.91. The molecule has 0 saturated heterocycles. The first-order chi connectivity index (χ1) is 10.0. The highest BCUT2D eigenvalue weighted by Gasteiger charge is 2.34. The maximum Gasteiger partial charge on any atom is 0.340 e. The molecule has 0 radical (unpaired) electrons. The van der Waals surface area contributed by atoms with Crippen LogP contribution in [0.25, 0.3) is 6.08 Å². The van der Waals surface area contributed by atoms with Crippen LogP contribution in [0.1, 0.15) is 12.5 Å². The summed E-state index contributed by atoms with van der Waals surface area (Å²) in [5, 5.41) is 0. The summed E-state index contributed by atoms with van der Waals surface area (Å²) in [6, 6.07) is 7.30. The zero-order valence-corrected chi connectivity index (χ0v) is 12.5. The molecule has 1 heterocycles. The number of ether oxygens (including phenoxy) is 2. The average Bonchev–Trinajstić information content (AvgIpc) is 2.71. The Morgan fingerprint density at radius 1 is 1.24 bits per heavy atom. The molecule has 0 aliphatic carbocycles. The monoisotopic (exact) mass is 287 g/mol. The van der Waals surface area contributed by atoms with Crippen LogP contribution in [0.15, 0.2) is 41.1 Å². The van der Waals surface area contributed by atoms with E-state index in [1.807, 2.05) is 18.2 Å². The third-order valence-electron chi connectivity index (χ3n) is 3.50. The van der Waals surface area contributed by atoms with Crippen LogP contribution in [-0.4, -0.2) is 38.0 Å². The molecule has 0 saturated carbocycles. The van der Waals surface area contributed by atoms with E-state index < -0.39 is 5.97 Å². The van der Waals surface area contributed by atoms with Gasteiger partial charge in [0.15, 0.2) is 0 Å². The first-order valence-electron chi connectivity index (χ1n) is 6.43. The van der Waals surface area contributed by atoms with Crippen molar-refractivity contribution in [3.05, 3.63) is 46.7 Å². The van der Waals surface area contributed by atoms with Crippen LogP contribution in [0.5, 0.6) is 5.75 Å². The molecule has 0 unspecified atom stereocenters. The number of esters is 1. The molecular formula is C16H17NO4. The van der Waals surface area contributed by atoms with Gasteiger partial charge in [-0.1, -0.05) is 18.2 Å². The van der Waals surface area contributed by atoms with Gasteiger partial charge in [0.05, 0.1) is 25.4 Å². The Labute approximate surface area is 123 Å². The molecule has 1 aliphatic heterocycles. The molecule has 21 heavy (non-hydrogen) atoms. The fourth-order valence-electron chi connectivity index (χ4n) is 2.24. The van der Waals surface area contributed by atoms with Crippen LogP contribution >= 0.6 is 0 Å². The summed E-state index contributed by atoms with van der Waals surface area (Å²) < 4.78 is 10.0. The lowest BCUT2D eigenvalue weighted by Crippen LogP contribution is -2.19. The predicted octanol–water partition coefficient (Wildman–Crippen LogP) is 2.00. The van der Waals surface area contributed by atoms with Gasteiger partial charge in [0, 0.05) is 18.3 Å². The second-order valence-corrected chi connectivity index (χ2v) is 4.62. The Kier molecular flexibility index (Phi) is 4.12. The predicted molar refractivity (Wildman–Crippen MR) is 78.5 cm³/mol. The molecule has 5 heteroatoms. The number of para-hydroxylation sites is 1. The normalized spacial score (nSPS) is 16.7. The third kappa shape index (κ3) is 2.54. The summed E-state index contributed by atoms with van der Waals surface area (Å²) in [6.07, 6.45) is 1.65. The summed E-state index contributed by atoms with van der Waals surface area (Å²) in [7, 11) is 4.48. The number of nitrogens with zero attached hydrogens (tertiary/aromatic N) is 1. The van der Waals surface area contributed by atoms with E-state index in [1.54, 1.807) is 33.2 Å². The summed E-state index contributed by atoms with van der Waals surface area (Å²) in [6.45, 7) is 1.72. The minimum atomic E-state index is -0.522. The number of benzene rings is 1. The lowest BCUT2D eigenvalue weighted by atomic mass is 10.0. The van der Waals surface area contributed by atoms with Crippen LogP contribution in [0.4, 0.5) is 0 Å². The highest BCUT2D eigenvalue weighted by atomic mass is 16.5. The highest BCUT2D eigenvalue weighted by Crippen LogP contribution is 2.32. The van der Waals surface area contributed by atoms with Gasteiger partial charge < -0.3 is 14.4 Å². The van der Waals surface area contributed by atoms with Gasteiger partial charge >= 0.3 is 5.97 Å². The van der Waals surface area contributed by atoms with Gasteiger partial charge in [-0.25, -0.2) is 4.79 Å². The Hall–Kier alpha value is -2.56. The Balaban J connectivity index is 2.57. The van der Waals surface area contributed by atoms with Crippen LogP contribution in [0.2, 0.25) is 0 Å². The first-order valence-corrected chi connectivity index (χ1v) is 6.43. The lowest BCUT2D eigenvalue weighted by molar-refractivity contribution is -0.136. The van der Waals surface area contributed by atoms with E-state index in [2.05, 4.69) is 0 Å². The van der Waals surface area contributed by atoms with E-state index in [-0.39, 0.29) is 11.5 Å². The van der Waals surface area contributed by atoms with E-state index in [0.29, 0.717) is 17.0 Å². The second kappa shape index (κ2) is 5.83. The Morgan fingerprint density at radius 2 is 1.90 bits per heavy atom. The van der Waals surface area contributed by atoms with Crippen LogP contribution < -0.4 is 4.74 Å². The molecule has 0 spiro atoms. The summed E-state index contributed by atoms with van der Waals surface area (Å²) in [5.74, 6) is -0.126. The van der Waals surface area contributed by atoms with E-state index in [4.69, 9.17) is 9.47 Å². The number of carbonyl (C=O) groups excluding carboxylic acids is 2.